The van der Waals surface area contributed by atoms with Crippen molar-refractivity contribution in [1.82, 2.24) is 10.3 Å². The highest BCUT2D eigenvalue weighted by molar-refractivity contribution is 7.15. The van der Waals surface area contributed by atoms with Gasteiger partial charge in [-0.3, -0.25) is 4.79 Å². The van der Waals surface area contributed by atoms with Crippen LogP contribution in [0.1, 0.15) is 36.4 Å². The van der Waals surface area contributed by atoms with Crippen LogP contribution >= 0.6 is 11.3 Å². The van der Waals surface area contributed by atoms with Gasteiger partial charge in [-0.05, 0) is 26.7 Å². The Kier molecular flexibility index (Phi) is 4.55. The van der Waals surface area contributed by atoms with Crippen LogP contribution in [0.5, 0.6) is 0 Å². The van der Waals surface area contributed by atoms with Crippen LogP contribution in [0.3, 0.4) is 0 Å². The number of aryl methyl sites for hydroxylation is 1. The van der Waals surface area contributed by atoms with Crippen molar-refractivity contribution in [3.05, 3.63) is 40.9 Å². The maximum atomic E-state index is 12.2. The number of rotatable bonds is 4. The average molecular weight is 316 g/mol. The minimum absolute atomic E-state index is 0.0148. The Morgan fingerprint density at radius 1 is 1.41 bits per heavy atom. The molecule has 2 heterocycles. The molecule has 1 aliphatic rings. The molecule has 4 nitrogen and oxygen atoms in total. The first-order valence-corrected chi connectivity index (χ1v) is 8.41. The summed E-state index contributed by atoms with van der Waals surface area (Å²) in [6.07, 6.45) is 1.49. The molecule has 2 aromatic rings. The Balaban J connectivity index is 1.74. The summed E-state index contributed by atoms with van der Waals surface area (Å²) < 4.78 is 5.43. The molecule has 1 aromatic heterocycles. The molecule has 2 atom stereocenters. The fourth-order valence-corrected chi connectivity index (χ4v) is 3.74. The predicted octanol–water partition coefficient (Wildman–Crippen LogP) is 3.47. The lowest BCUT2D eigenvalue weighted by atomic mass is 10.2. The molecule has 0 unspecified atom stereocenters. The lowest BCUT2D eigenvalue weighted by Gasteiger charge is -2.16. The Morgan fingerprint density at radius 2 is 2.18 bits per heavy atom. The molecule has 0 saturated carbocycles. The molecule has 1 aliphatic heterocycles. The second-order valence-corrected chi connectivity index (χ2v) is 6.60. The highest BCUT2D eigenvalue weighted by Gasteiger charge is 2.26. The number of carbonyl (C=O) groups is 1. The molecular formula is C17H20N2O2S. The molecule has 1 N–H and O–H groups in total. The standard InChI is InChI=1S/C17H20N2O2S/c1-11(18-16(20)14-9-6-10-21-14)15-12(2)19-17(22-15)13-7-4-3-5-8-13/h3-5,7-8,11,14H,6,9-10H2,1-2H3,(H,18,20)/t11-,14-/m0/s1. The van der Waals surface area contributed by atoms with Crippen LogP contribution in [0.15, 0.2) is 30.3 Å². The Bertz CT molecular complexity index is 648. The van der Waals surface area contributed by atoms with E-state index in [0.29, 0.717) is 6.61 Å². The van der Waals surface area contributed by atoms with Gasteiger partial charge in [0, 0.05) is 12.2 Å². The lowest BCUT2D eigenvalue weighted by Crippen LogP contribution is -2.35. The highest BCUT2D eigenvalue weighted by Crippen LogP contribution is 2.31. The number of thiazole rings is 1. The molecule has 0 radical (unpaired) electrons. The molecule has 3 rings (SSSR count). The Morgan fingerprint density at radius 3 is 2.86 bits per heavy atom. The van der Waals surface area contributed by atoms with Crippen LogP contribution in [-0.4, -0.2) is 23.6 Å². The highest BCUT2D eigenvalue weighted by atomic mass is 32.1. The zero-order valence-electron chi connectivity index (χ0n) is 12.8. The zero-order valence-corrected chi connectivity index (χ0v) is 13.7. The average Bonchev–Trinajstić information content (AvgIpc) is 3.17. The van der Waals surface area contributed by atoms with Crippen molar-refractivity contribution in [1.29, 1.82) is 0 Å². The Hall–Kier alpha value is -1.72. The number of nitrogens with one attached hydrogen (secondary N) is 1. The van der Waals surface area contributed by atoms with Gasteiger partial charge in [-0.2, -0.15) is 0 Å². The SMILES string of the molecule is Cc1nc(-c2ccccc2)sc1[C@H](C)NC(=O)[C@@H]1CCCO1. The quantitative estimate of drug-likeness (QED) is 0.939. The summed E-state index contributed by atoms with van der Waals surface area (Å²) in [4.78, 5) is 17.9. The van der Waals surface area contributed by atoms with Gasteiger partial charge in [-0.25, -0.2) is 4.98 Å². The van der Waals surface area contributed by atoms with Crippen molar-refractivity contribution in [2.24, 2.45) is 0 Å². The molecule has 0 bridgehead atoms. The van der Waals surface area contributed by atoms with E-state index >= 15 is 0 Å². The first-order valence-electron chi connectivity index (χ1n) is 7.60. The number of hydrogen-bond acceptors (Lipinski definition) is 4. The molecule has 1 fully saturated rings. The van der Waals surface area contributed by atoms with Crippen molar-refractivity contribution >= 4 is 17.2 Å². The third-order valence-electron chi connectivity index (χ3n) is 3.83. The first kappa shape index (κ1) is 15.2. The molecule has 1 aromatic carbocycles. The number of ether oxygens (including phenoxy) is 1. The third-order valence-corrected chi connectivity index (χ3v) is 5.22. The first-order chi connectivity index (χ1) is 10.6. The van der Waals surface area contributed by atoms with Gasteiger partial charge in [-0.15, -0.1) is 11.3 Å². The van der Waals surface area contributed by atoms with E-state index in [-0.39, 0.29) is 18.1 Å². The topological polar surface area (TPSA) is 51.2 Å². The van der Waals surface area contributed by atoms with Crippen molar-refractivity contribution in [2.45, 2.75) is 38.8 Å². The van der Waals surface area contributed by atoms with E-state index < -0.39 is 0 Å². The van der Waals surface area contributed by atoms with Gasteiger partial charge in [0.15, 0.2) is 0 Å². The minimum atomic E-state index is -0.288. The minimum Gasteiger partial charge on any atom is -0.368 e. The van der Waals surface area contributed by atoms with Gasteiger partial charge >= 0.3 is 0 Å². The lowest BCUT2D eigenvalue weighted by molar-refractivity contribution is -0.130. The fourth-order valence-electron chi connectivity index (χ4n) is 2.67. The molecule has 0 aliphatic carbocycles. The van der Waals surface area contributed by atoms with E-state index in [1.165, 1.54) is 0 Å². The van der Waals surface area contributed by atoms with E-state index in [0.717, 1.165) is 34.0 Å². The monoisotopic (exact) mass is 316 g/mol. The molecule has 116 valence electrons. The van der Waals surface area contributed by atoms with Crippen molar-refractivity contribution < 1.29 is 9.53 Å². The summed E-state index contributed by atoms with van der Waals surface area (Å²) in [6.45, 7) is 4.68. The van der Waals surface area contributed by atoms with Crippen LogP contribution in [0, 0.1) is 6.92 Å². The Labute approximate surface area is 134 Å². The summed E-state index contributed by atoms with van der Waals surface area (Å²) in [7, 11) is 0. The molecule has 0 spiro atoms. The summed E-state index contributed by atoms with van der Waals surface area (Å²) in [6, 6.07) is 10.1. The second-order valence-electron chi connectivity index (χ2n) is 5.57. The normalized spacial score (nSPS) is 19.1. The van der Waals surface area contributed by atoms with Crippen molar-refractivity contribution in [2.75, 3.05) is 6.61 Å². The maximum Gasteiger partial charge on any atom is 0.249 e. The van der Waals surface area contributed by atoms with Crippen LogP contribution in [-0.2, 0) is 9.53 Å². The van der Waals surface area contributed by atoms with Crippen LogP contribution in [0.25, 0.3) is 10.6 Å². The van der Waals surface area contributed by atoms with Gasteiger partial charge in [-0.1, -0.05) is 30.3 Å². The van der Waals surface area contributed by atoms with E-state index in [9.17, 15) is 4.79 Å². The number of hydrogen-bond donors (Lipinski definition) is 1. The number of amides is 1. The predicted molar refractivity (Wildman–Crippen MR) is 87.8 cm³/mol. The van der Waals surface area contributed by atoms with Gasteiger partial charge in [0.25, 0.3) is 0 Å². The van der Waals surface area contributed by atoms with Gasteiger partial charge in [0.2, 0.25) is 5.91 Å². The number of nitrogens with zero attached hydrogens (tertiary/aromatic N) is 1. The van der Waals surface area contributed by atoms with E-state index in [2.05, 4.69) is 22.4 Å². The second kappa shape index (κ2) is 6.58. The van der Waals surface area contributed by atoms with Crippen molar-refractivity contribution in [3.63, 3.8) is 0 Å². The molecular weight excluding hydrogens is 296 g/mol. The van der Waals surface area contributed by atoms with E-state index in [1.54, 1.807) is 11.3 Å². The third kappa shape index (κ3) is 3.20. The summed E-state index contributed by atoms with van der Waals surface area (Å²) in [5.74, 6) is -0.0148. The van der Waals surface area contributed by atoms with Crippen LogP contribution in [0.2, 0.25) is 0 Å². The number of carbonyl (C=O) groups excluding carboxylic acids is 1. The number of aromatic nitrogens is 1. The summed E-state index contributed by atoms with van der Waals surface area (Å²) in [5, 5.41) is 4.04. The largest absolute Gasteiger partial charge is 0.368 e. The van der Waals surface area contributed by atoms with Crippen LogP contribution < -0.4 is 5.32 Å². The molecule has 1 amide bonds. The fraction of sp³-hybridized carbons (Fsp3) is 0.412. The van der Waals surface area contributed by atoms with E-state index in [4.69, 9.17) is 4.74 Å². The molecule has 1 saturated heterocycles. The van der Waals surface area contributed by atoms with E-state index in [1.807, 2.05) is 32.0 Å². The van der Waals surface area contributed by atoms with Crippen molar-refractivity contribution in [3.8, 4) is 10.6 Å². The zero-order chi connectivity index (χ0) is 15.5. The molecule has 22 heavy (non-hydrogen) atoms. The van der Waals surface area contributed by atoms with Gasteiger partial charge in [0.05, 0.1) is 16.6 Å². The maximum absolute atomic E-state index is 12.2. The summed E-state index contributed by atoms with van der Waals surface area (Å²) in [5.41, 5.74) is 2.09. The van der Waals surface area contributed by atoms with Gasteiger partial charge < -0.3 is 10.1 Å². The summed E-state index contributed by atoms with van der Waals surface area (Å²) >= 11 is 1.64. The van der Waals surface area contributed by atoms with Gasteiger partial charge in [0.1, 0.15) is 11.1 Å². The number of benzene rings is 1. The smallest absolute Gasteiger partial charge is 0.249 e. The molecule has 5 heteroatoms. The van der Waals surface area contributed by atoms with Crippen LogP contribution in [0.4, 0.5) is 0 Å².